The van der Waals surface area contributed by atoms with Crippen LogP contribution in [-0.2, 0) is 53.1 Å². The van der Waals surface area contributed by atoms with Crippen LogP contribution < -0.4 is 21.7 Å². The van der Waals surface area contributed by atoms with E-state index in [1.54, 1.807) is 38.1 Å². The highest BCUT2D eigenvalue weighted by atomic mass is 16.5. The standard InChI is InChI=1S/C43H61N7O9/c1-7-56-21-22-58-26-36(52)48-37(28(3)4)34(51)23-30(13-11-12-20-44)41(53)45-31-18-16-29(17-19-31)24-59-42(54)49-40-38-39(32-14-9-10-15-33(32)46-40)50(27-43(5,6)55)35(47-38)25-57-8-2/h9-10,14-19,28,30,37,55H,7-8,11-13,20-27,44H2,1-6H3,(H,45,53)(H,48,52)(H,46,49,54)/t30-,37+/m1/s1. The molecule has 0 unspecified atom stereocenters. The van der Waals surface area contributed by atoms with Gasteiger partial charge in [0, 0.05) is 36.6 Å². The monoisotopic (exact) mass is 819 g/mol. The molecule has 2 heterocycles. The zero-order valence-electron chi connectivity index (χ0n) is 35.2. The minimum Gasteiger partial charge on any atom is -0.444 e. The average molecular weight is 820 g/mol. The Labute approximate surface area is 345 Å². The number of nitrogens with two attached hydrogens (primary N) is 1. The second kappa shape index (κ2) is 23.0. The summed E-state index contributed by atoms with van der Waals surface area (Å²) in [6, 6.07) is 13.6. The van der Waals surface area contributed by atoms with Crippen molar-refractivity contribution in [2.24, 2.45) is 17.6 Å². The quantitative estimate of drug-likeness (QED) is 0.0526. The number of pyridine rings is 1. The summed E-state index contributed by atoms with van der Waals surface area (Å²) >= 11 is 0. The molecule has 16 heteroatoms. The van der Waals surface area contributed by atoms with Crippen molar-refractivity contribution in [3.8, 4) is 0 Å². The smallest absolute Gasteiger partial charge is 0.413 e. The number of rotatable bonds is 25. The van der Waals surface area contributed by atoms with Gasteiger partial charge >= 0.3 is 6.09 Å². The van der Waals surface area contributed by atoms with Crippen molar-refractivity contribution in [2.75, 3.05) is 50.2 Å². The van der Waals surface area contributed by atoms with E-state index < -0.39 is 29.6 Å². The molecule has 0 spiro atoms. The molecule has 0 fully saturated rings. The molecule has 2 atom stereocenters. The van der Waals surface area contributed by atoms with Gasteiger partial charge in [0.05, 0.1) is 42.4 Å². The number of para-hydroxylation sites is 1. The van der Waals surface area contributed by atoms with E-state index in [0.29, 0.717) is 79.3 Å². The van der Waals surface area contributed by atoms with Crippen molar-refractivity contribution in [2.45, 2.75) is 98.6 Å². The van der Waals surface area contributed by atoms with Crippen LogP contribution in [0.15, 0.2) is 48.5 Å². The molecular weight excluding hydrogens is 759 g/mol. The first-order valence-corrected chi connectivity index (χ1v) is 20.3. The molecular formula is C43H61N7O9. The molecule has 0 saturated heterocycles. The van der Waals surface area contributed by atoms with Crippen LogP contribution in [0.2, 0.25) is 0 Å². The van der Waals surface area contributed by atoms with E-state index >= 15 is 0 Å². The van der Waals surface area contributed by atoms with E-state index in [-0.39, 0.29) is 62.8 Å². The Morgan fingerprint density at radius 2 is 1.61 bits per heavy atom. The summed E-state index contributed by atoms with van der Waals surface area (Å²) in [7, 11) is 0. The lowest BCUT2D eigenvalue weighted by atomic mass is 9.89. The Morgan fingerprint density at radius 3 is 2.29 bits per heavy atom. The Hall–Kier alpha value is -5.00. The van der Waals surface area contributed by atoms with Crippen LogP contribution in [0.3, 0.4) is 0 Å². The molecule has 4 rings (SSSR count). The number of nitrogens with one attached hydrogen (secondary N) is 3. The van der Waals surface area contributed by atoms with Gasteiger partial charge in [0.25, 0.3) is 0 Å². The van der Waals surface area contributed by atoms with Crippen molar-refractivity contribution < 1.29 is 43.2 Å². The first kappa shape index (κ1) is 46.7. The lowest BCUT2D eigenvalue weighted by Crippen LogP contribution is -2.46. The van der Waals surface area contributed by atoms with Crippen molar-refractivity contribution in [1.82, 2.24) is 19.9 Å². The van der Waals surface area contributed by atoms with E-state index in [0.717, 1.165) is 5.39 Å². The number of hydrogen-bond donors (Lipinski definition) is 5. The predicted molar refractivity (Wildman–Crippen MR) is 226 cm³/mol. The molecule has 2 aromatic heterocycles. The zero-order chi connectivity index (χ0) is 43.0. The topological polar surface area (TPSA) is 218 Å². The summed E-state index contributed by atoms with van der Waals surface area (Å²) in [5.41, 5.74) is 7.58. The third-order valence-corrected chi connectivity index (χ3v) is 9.42. The molecule has 4 aromatic rings. The van der Waals surface area contributed by atoms with Gasteiger partial charge in [0.15, 0.2) is 11.6 Å². The molecule has 0 aliphatic rings. The Kier molecular flexibility index (Phi) is 18.2. The number of unbranched alkanes of at least 4 members (excludes halogenated alkanes) is 1. The maximum atomic E-state index is 13.6. The molecule has 16 nitrogen and oxygen atoms in total. The number of amides is 3. The van der Waals surface area contributed by atoms with Gasteiger partial charge in [-0.25, -0.2) is 14.8 Å². The van der Waals surface area contributed by atoms with Gasteiger partial charge in [-0.1, -0.05) is 50.6 Å². The van der Waals surface area contributed by atoms with Crippen LogP contribution >= 0.6 is 0 Å². The van der Waals surface area contributed by atoms with Crippen molar-refractivity contribution in [1.29, 1.82) is 0 Å². The summed E-state index contributed by atoms with van der Waals surface area (Å²) in [5.74, 6) is -1.04. The Balaban J connectivity index is 1.40. The van der Waals surface area contributed by atoms with Gasteiger partial charge < -0.3 is 45.0 Å². The maximum absolute atomic E-state index is 13.6. The maximum Gasteiger partial charge on any atom is 0.413 e. The third-order valence-electron chi connectivity index (χ3n) is 9.42. The van der Waals surface area contributed by atoms with E-state index in [2.05, 4.69) is 20.9 Å². The Bertz CT molecular complexity index is 1990. The first-order chi connectivity index (χ1) is 28.2. The summed E-state index contributed by atoms with van der Waals surface area (Å²) in [6.45, 7) is 13.1. The molecule has 2 aromatic carbocycles. The van der Waals surface area contributed by atoms with Gasteiger partial charge in [-0.15, -0.1) is 0 Å². The fraction of sp³-hybridized carbons (Fsp3) is 0.535. The number of benzene rings is 2. The van der Waals surface area contributed by atoms with Crippen LogP contribution in [-0.4, -0.2) is 94.6 Å². The third kappa shape index (κ3) is 14.4. The van der Waals surface area contributed by atoms with Gasteiger partial charge in [-0.05, 0) is 76.8 Å². The van der Waals surface area contributed by atoms with Crippen molar-refractivity contribution in [3.63, 3.8) is 0 Å². The number of imidazole rings is 1. The average Bonchev–Trinajstić information content (AvgIpc) is 3.55. The predicted octanol–water partition coefficient (Wildman–Crippen LogP) is 5.48. The van der Waals surface area contributed by atoms with Crippen LogP contribution in [0.25, 0.3) is 21.9 Å². The number of ether oxygens (including phenoxy) is 4. The second-order valence-electron chi connectivity index (χ2n) is 15.3. The minimum atomic E-state index is -1.06. The zero-order valence-corrected chi connectivity index (χ0v) is 35.2. The van der Waals surface area contributed by atoms with Crippen LogP contribution in [0.4, 0.5) is 16.3 Å². The number of ketones is 1. The first-order valence-electron chi connectivity index (χ1n) is 20.3. The molecule has 0 aliphatic heterocycles. The molecule has 0 aliphatic carbocycles. The van der Waals surface area contributed by atoms with Gasteiger partial charge in [-0.2, -0.15) is 0 Å². The number of aromatic nitrogens is 3. The largest absolute Gasteiger partial charge is 0.444 e. The molecule has 0 bridgehead atoms. The van der Waals surface area contributed by atoms with Crippen LogP contribution in [0, 0.1) is 11.8 Å². The number of carbonyl (C=O) groups excluding carboxylic acids is 4. The van der Waals surface area contributed by atoms with E-state index in [1.165, 1.54) is 0 Å². The minimum absolute atomic E-state index is 0.0579. The number of anilines is 2. The molecule has 0 saturated carbocycles. The van der Waals surface area contributed by atoms with Crippen molar-refractivity contribution in [3.05, 3.63) is 59.9 Å². The Morgan fingerprint density at radius 1 is 0.898 bits per heavy atom. The van der Waals surface area contributed by atoms with Gasteiger partial charge in [0.2, 0.25) is 11.8 Å². The van der Waals surface area contributed by atoms with E-state index in [1.807, 2.05) is 56.5 Å². The lowest BCUT2D eigenvalue weighted by molar-refractivity contribution is -0.133. The number of Topliss-reactive ketones (excluding diaryl/α,β-unsaturated/α-hetero) is 1. The molecule has 322 valence electrons. The fourth-order valence-electron chi connectivity index (χ4n) is 6.53. The number of fused-ring (bicyclic) bond motifs is 3. The molecule has 3 amide bonds. The van der Waals surface area contributed by atoms with E-state index in [9.17, 15) is 24.3 Å². The number of nitrogens with zero attached hydrogens (tertiary/aromatic N) is 3. The summed E-state index contributed by atoms with van der Waals surface area (Å²) in [5, 5.41) is 20.0. The molecule has 6 N–H and O–H groups in total. The number of carbonyl (C=O) groups is 4. The molecule has 59 heavy (non-hydrogen) atoms. The summed E-state index contributed by atoms with van der Waals surface area (Å²) in [6.07, 6.45) is 0.999. The highest BCUT2D eigenvalue weighted by Gasteiger charge is 2.30. The fourth-order valence-corrected chi connectivity index (χ4v) is 6.53. The summed E-state index contributed by atoms with van der Waals surface area (Å²) in [4.78, 5) is 62.3. The van der Waals surface area contributed by atoms with Gasteiger partial charge in [-0.3, -0.25) is 19.7 Å². The SMILES string of the molecule is CCOCCOCC(=O)N[C@H](C(=O)C[C@@H](CCCCN)C(=O)Nc1ccc(COC(=O)Nc2nc3ccccc3c3c2nc(COCC)n3CC(C)(C)O)cc1)C(C)C. The van der Waals surface area contributed by atoms with Crippen molar-refractivity contribution >= 4 is 57.1 Å². The normalized spacial score (nSPS) is 12.8. The summed E-state index contributed by atoms with van der Waals surface area (Å²) < 4.78 is 23.7. The number of aliphatic hydroxyl groups is 1. The number of hydrogen-bond acceptors (Lipinski definition) is 12. The highest BCUT2D eigenvalue weighted by Crippen LogP contribution is 2.32. The highest BCUT2D eigenvalue weighted by molar-refractivity contribution is 6.09. The lowest BCUT2D eigenvalue weighted by Gasteiger charge is -2.24. The second-order valence-corrected chi connectivity index (χ2v) is 15.3. The van der Waals surface area contributed by atoms with E-state index in [4.69, 9.17) is 29.7 Å². The van der Waals surface area contributed by atoms with Crippen LogP contribution in [0.1, 0.15) is 78.6 Å². The van der Waals surface area contributed by atoms with Gasteiger partial charge in [0.1, 0.15) is 31.2 Å². The van der Waals surface area contributed by atoms with Crippen LogP contribution in [0.5, 0.6) is 0 Å². The molecule has 0 radical (unpaired) electrons.